The minimum Gasteiger partial charge on any atom is -0.475 e. The van der Waals surface area contributed by atoms with E-state index in [0.29, 0.717) is 29.9 Å². The number of hydrogen-bond donors (Lipinski definition) is 1. The molecular weight excluding hydrogens is 442 g/mol. The zero-order valence-electron chi connectivity index (χ0n) is 21.9. The first-order valence-corrected chi connectivity index (χ1v) is 12.8. The van der Waals surface area contributed by atoms with Crippen LogP contribution in [0.4, 0.5) is 0 Å². The number of allylic oxidation sites excluding steroid dienone is 5. The van der Waals surface area contributed by atoms with Crippen molar-refractivity contribution in [3.05, 3.63) is 36.0 Å². The molecule has 0 saturated heterocycles. The van der Waals surface area contributed by atoms with Gasteiger partial charge >= 0.3 is 5.97 Å². The summed E-state index contributed by atoms with van der Waals surface area (Å²) in [7, 11) is 3.73. The summed E-state index contributed by atoms with van der Waals surface area (Å²) in [5.41, 5.74) is 1.79. The number of esters is 1. The molecule has 3 saturated carbocycles. The fourth-order valence-corrected chi connectivity index (χ4v) is 8.41. The Labute approximate surface area is 208 Å². The van der Waals surface area contributed by atoms with E-state index in [4.69, 9.17) is 19.6 Å². The molecule has 0 aromatic heterocycles. The summed E-state index contributed by atoms with van der Waals surface area (Å²) in [6.07, 6.45) is 9.40. The Bertz CT molecular complexity index is 1070. The molecule has 7 nitrogen and oxygen atoms in total. The smallest absolute Gasteiger partial charge is 0.303 e. The molecule has 1 N–H and O–H groups in total. The Morgan fingerprint density at radius 1 is 1.40 bits per heavy atom. The van der Waals surface area contributed by atoms with Crippen molar-refractivity contribution in [1.82, 2.24) is 5.01 Å². The fraction of sp³-hybridized carbons (Fsp3) is 0.679. The number of nitrogens with zero attached hydrogens (tertiary/aromatic N) is 3. The van der Waals surface area contributed by atoms with Gasteiger partial charge in [0.1, 0.15) is 24.0 Å². The Balaban J connectivity index is 1.60. The lowest BCUT2D eigenvalue weighted by molar-refractivity contribution is -0.139. The highest BCUT2D eigenvalue weighted by Gasteiger charge is 2.74. The van der Waals surface area contributed by atoms with Gasteiger partial charge in [0.05, 0.1) is 6.10 Å². The minimum atomic E-state index is -0.777. The van der Waals surface area contributed by atoms with Crippen LogP contribution in [0.2, 0.25) is 0 Å². The summed E-state index contributed by atoms with van der Waals surface area (Å²) in [6, 6.07) is 0. The van der Waals surface area contributed by atoms with Crippen molar-refractivity contribution in [3.63, 3.8) is 0 Å². The maximum absolute atomic E-state index is 11.9. The van der Waals surface area contributed by atoms with Crippen molar-refractivity contribution in [2.75, 3.05) is 20.7 Å². The van der Waals surface area contributed by atoms with Gasteiger partial charge < -0.3 is 19.6 Å². The van der Waals surface area contributed by atoms with Crippen LogP contribution >= 0.6 is 0 Å². The van der Waals surface area contributed by atoms with Crippen molar-refractivity contribution in [2.24, 2.45) is 38.7 Å². The van der Waals surface area contributed by atoms with Gasteiger partial charge in [0.25, 0.3) is 0 Å². The van der Waals surface area contributed by atoms with Crippen LogP contribution in [0.25, 0.3) is 0 Å². The fourth-order valence-electron chi connectivity index (χ4n) is 8.41. The molecule has 0 bridgehead atoms. The van der Waals surface area contributed by atoms with Crippen molar-refractivity contribution in [2.45, 2.75) is 71.1 Å². The van der Waals surface area contributed by atoms with Gasteiger partial charge in [-0.2, -0.15) is 5.10 Å². The number of hydrazone groups is 1. The first-order chi connectivity index (χ1) is 16.4. The molecule has 190 valence electrons. The van der Waals surface area contributed by atoms with Crippen LogP contribution in [0, 0.1) is 28.6 Å². The molecule has 1 heterocycles. The molecule has 0 spiro atoms. The van der Waals surface area contributed by atoms with Crippen LogP contribution in [0.15, 0.2) is 46.0 Å². The van der Waals surface area contributed by atoms with E-state index in [1.165, 1.54) is 12.5 Å². The summed E-state index contributed by atoms with van der Waals surface area (Å²) in [4.78, 5) is 16.9. The van der Waals surface area contributed by atoms with E-state index in [9.17, 15) is 9.90 Å². The maximum atomic E-state index is 11.9. The lowest BCUT2D eigenvalue weighted by atomic mass is 9.45. The van der Waals surface area contributed by atoms with Crippen molar-refractivity contribution in [1.29, 1.82) is 0 Å². The Morgan fingerprint density at radius 2 is 2.14 bits per heavy atom. The molecule has 0 amide bonds. The van der Waals surface area contributed by atoms with Gasteiger partial charge in [-0.1, -0.05) is 44.2 Å². The first-order valence-electron chi connectivity index (χ1n) is 12.8. The summed E-state index contributed by atoms with van der Waals surface area (Å²) in [5, 5.41) is 18.4. The van der Waals surface area contributed by atoms with Gasteiger partial charge in [0.2, 0.25) is 0 Å². The van der Waals surface area contributed by atoms with Crippen molar-refractivity contribution >= 4 is 17.6 Å². The Morgan fingerprint density at radius 3 is 2.83 bits per heavy atom. The third-order valence-corrected chi connectivity index (χ3v) is 9.60. The van der Waals surface area contributed by atoms with Crippen molar-refractivity contribution in [3.8, 4) is 0 Å². The second-order valence-corrected chi connectivity index (χ2v) is 11.8. The van der Waals surface area contributed by atoms with Crippen LogP contribution in [-0.2, 0) is 14.3 Å². The van der Waals surface area contributed by atoms with Gasteiger partial charge in [-0.25, -0.2) is 4.99 Å². The Hall–Kier alpha value is -2.41. The van der Waals surface area contributed by atoms with E-state index in [0.717, 1.165) is 24.8 Å². The first kappa shape index (κ1) is 24.3. The predicted octanol–water partition coefficient (Wildman–Crippen LogP) is 3.90. The summed E-state index contributed by atoms with van der Waals surface area (Å²) < 4.78 is 11.9. The number of aliphatic imine (C=N–C) groups is 1. The molecule has 8 atom stereocenters. The third kappa shape index (κ3) is 3.37. The number of aliphatic hydroxyl groups excluding tert-OH is 1. The standard InChI is InChI=1S/C28H39N3O4/c1-16-10-11-26(4)19(12-16)8-9-20-21-13-24-28(29-17(2)35-24,27(21,5)14-22(33)25(20)26)23(30-31(6)7)15-34-18(3)32/h10-12,20-22,24-25,33H,1,8-9,13-15H2,2-7H3/b30-23-/t20-,21-,22-,24+,25+,26-,27-,28+/m0/s1. The number of fused-ring (bicyclic) bond motifs is 7. The minimum absolute atomic E-state index is 0.0616. The number of hydrogen-bond acceptors (Lipinski definition) is 7. The van der Waals surface area contributed by atoms with Gasteiger partial charge in [-0.3, -0.25) is 4.79 Å². The summed E-state index contributed by atoms with van der Waals surface area (Å²) in [5.74, 6) is 1.05. The lowest BCUT2D eigenvalue weighted by Gasteiger charge is -2.59. The van der Waals surface area contributed by atoms with Gasteiger partial charge in [0, 0.05) is 44.7 Å². The highest BCUT2D eigenvalue weighted by Crippen LogP contribution is 2.69. The van der Waals surface area contributed by atoms with E-state index >= 15 is 0 Å². The monoisotopic (exact) mass is 481 g/mol. The molecule has 0 unspecified atom stereocenters. The molecule has 0 aromatic rings. The van der Waals surface area contributed by atoms with E-state index < -0.39 is 11.6 Å². The summed E-state index contributed by atoms with van der Waals surface area (Å²) >= 11 is 0. The topological polar surface area (TPSA) is 83.7 Å². The molecular formula is C28H39N3O4. The molecule has 0 aromatic carbocycles. The number of aliphatic hydroxyl groups is 1. The van der Waals surface area contributed by atoms with E-state index in [1.807, 2.05) is 21.0 Å². The predicted molar refractivity (Wildman–Crippen MR) is 136 cm³/mol. The average Bonchev–Trinajstić information content (AvgIpc) is 3.21. The number of carbonyl (C=O) groups excluding carboxylic acids is 1. The van der Waals surface area contributed by atoms with Gasteiger partial charge in [-0.05, 0) is 43.1 Å². The third-order valence-electron chi connectivity index (χ3n) is 9.60. The molecule has 4 aliphatic carbocycles. The van der Waals surface area contributed by atoms with Crippen LogP contribution in [0.3, 0.4) is 0 Å². The quantitative estimate of drug-likeness (QED) is 0.374. The molecule has 5 aliphatic rings. The lowest BCUT2D eigenvalue weighted by Crippen LogP contribution is -2.62. The zero-order chi connectivity index (χ0) is 25.3. The van der Waals surface area contributed by atoms with Crippen LogP contribution in [0.5, 0.6) is 0 Å². The van der Waals surface area contributed by atoms with E-state index in [-0.39, 0.29) is 35.4 Å². The number of ether oxygens (including phenoxy) is 2. The largest absolute Gasteiger partial charge is 0.475 e. The SMILES string of the molecule is C=C1C=C[C@@]2(C)C(=C1)CC[C@@H]1[C@@H]2[C@@H](O)C[C@@]2(C)[C@H]1C[C@H]1OC(C)=N[C@]12/C(COC(C)=O)=N\N(C)C. The molecule has 5 rings (SSSR count). The second kappa shape index (κ2) is 8.05. The number of carbonyl (C=O) groups is 1. The molecule has 35 heavy (non-hydrogen) atoms. The van der Waals surface area contributed by atoms with Crippen LogP contribution in [-0.4, -0.2) is 66.1 Å². The van der Waals surface area contributed by atoms with E-state index in [1.54, 1.807) is 5.01 Å². The normalized spacial score (nSPS) is 43.8. The summed E-state index contributed by atoms with van der Waals surface area (Å²) in [6.45, 7) is 12.0. The van der Waals surface area contributed by atoms with Crippen LogP contribution in [0.1, 0.15) is 53.4 Å². The molecule has 3 fully saturated rings. The molecule has 1 aliphatic heterocycles. The molecule has 7 heteroatoms. The van der Waals surface area contributed by atoms with Gasteiger partial charge in [0.15, 0.2) is 5.90 Å². The number of rotatable bonds is 4. The average molecular weight is 482 g/mol. The zero-order valence-corrected chi connectivity index (χ0v) is 21.9. The highest BCUT2D eigenvalue weighted by atomic mass is 16.5. The highest BCUT2D eigenvalue weighted by molar-refractivity contribution is 6.01. The van der Waals surface area contributed by atoms with Gasteiger partial charge in [-0.15, -0.1) is 0 Å². The second-order valence-electron chi connectivity index (χ2n) is 11.8. The maximum Gasteiger partial charge on any atom is 0.303 e. The van der Waals surface area contributed by atoms with Crippen molar-refractivity contribution < 1.29 is 19.4 Å². The Kier molecular flexibility index (Phi) is 5.59. The molecule has 0 radical (unpaired) electrons. The van der Waals surface area contributed by atoms with E-state index in [2.05, 4.69) is 38.7 Å². The van der Waals surface area contributed by atoms with Crippen LogP contribution < -0.4 is 0 Å².